The van der Waals surface area contributed by atoms with Crippen LogP contribution in [0.1, 0.15) is 17.0 Å². The van der Waals surface area contributed by atoms with E-state index in [4.69, 9.17) is 0 Å². The molecule has 3 aromatic rings. The smallest absolute Gasteiger partial charge is 0.228 e. The average Bonchev–Trinajstić information content (AvgIpc) is 2.96. The van der Waals surface area contributed by atoms with Crippen LogP contribution in [-0.4, -0.2) is 19.7 Å². The Morgan fingerprint density at radius 1 is 1.11 bits per heavy atom. The summed E-state index contributed by atoms with van der Waals surface area (Å²) in [5.41, 5.74) is 5.34. The van der Waals surface area contributed by atoms with Crippen molar-refractivity contribution in [3.63, 3.8) is 0 Å². The Morgan fingerprint density at radius 2 is 1.95 bits per heavy atom. The molecule has 3 rings (SSSR count). The van der Waals surface area contributed by atoms with E-state index in [0.717, 1.165) is 28.6 Å². The van der Waals surface area contributed by atoms with Gasteiger partial charge in [0, 0.05) is 17.5 Å². The van der Waals surface area contributed by atoms with Crippen molar-refractivity contribution < 1.29 is 0 Å². The fourth-order valence-corrected chi connectivity index (χ4v) is 2.22. The largest absolute Gasteiger partial charge is 0.329 e. The Bertz CT molecular complexity index is 721. The van der Waals surface area contributed by atoms with Gasteiger partial charge in [-0.1, -0.05) is 23.8 Å². The molecule has 0 saturated heterocycles. The lowest BCUT2D eigenvalue weighted by Gasteiger charge is -1.99. The van der Waals surface area contributed by atoms with Gasteiger partial charge >= 0.3 is 0 Å². The van der Waals surface area contributed by atoms with E-state index in [9.17, 15) is 0 Å². The van der Waals surface area contributed by atoms with E-state index in [1.807, 2.05) is 36.9 Å². The van der Waals surface area contributed by atoms with Crippen molar-refractivity contribution in [3.8, 4) is 17.2 Å². The van der Waals surface area contributed by atoms with Gasteiger partial charge in [0.1, 0.15) is 0 Å². The number of nitrogens with zero attached hydrogens (tertiary/aromatic N) is 3. The Balaban J connectivity index is 2.02. The Labute approximate surface area is 112 Å². The van der Waals surface area contributed by atoms with Gasteiger partial charge in [0.2, 0.25) is 5.95 Å². The number of rotatable bonds is 2. The fraction of sp³-hybridized carbons (Fsp3) is 0.200. The number of nitrogens with one attached hydrogen (secondary N) is 1. The molecule has 0 unspecified atom stereocenters. The van der Waals surface area contributed by atoms with E-state index in [1.165, 1.54) is 5.56 Å². The number of H-pyrrole nitrogens is 1. The van der Waals surface area contributed by atoms with Crippen LogP contribution in [-0.2, 0) is 0 Å². The first-order valence-electron chi connectivity index (χ1n) is 6.29. The van der Waals surface area contributed by atoms with Crippen molar-refractivity contribution in [3.05, 3.63) is 53.5 Å². The molecule has 0 bridgehead atoms. The van der Waals surface area contributed by atoms with Gasteiger partial charge in [-0.05, 0) is 32.9 Å². The van der Waals surface area contributed by atoms with Crippen molar-refractivity contribution in [2.24, 2.45) is 0 Å². The van der Waals surface area contributed by atoms with Crippen LogP contribution < -0.4 is 0 Å². The van der Waals surface area contributed by atoms with Crippen LogP contribution in [0.5, 0.6) is 0 Å². The third-order valence-electron chi connectivity index (χ3n) is 3.09. The molecule has 4 heteroatoms. The van der Waals surface area contributed by atoms with Gasteiger partial charge in [0.25, 0.3) is 0 Å². The number of aromatic amines is 1. The Hall–Kier alpha value is -2.36. The molecule has 0 amide bonds. The molecule has 1 N–H and O–H groups in total. The number of aromatic nitrogens is 4. The van der Waals surface area contributed by atoms with E-state index < -0.39 is 0 Å². The zero-order chi connectivity index (χ0) is 13.4. The highest BCUT2D eigenvalue weighted by atomic mass is 15.4. The fourth-order valence-electron chi connectivity index (χ4n) is 2.22. The van der Waals surface area contributed by atoms with E-state index in [2.05, 4.69) is 40.2 Å². The first kappa shape index (κ1) is 11.7. The summed E-state index contributed by atoms with van der Waals surface area (Å²) < 4.78 is 1.83. The molecule has 2 heterocycles. The summed E-state index contributed by atoms with van der Waals surface area (Å²) in [5.74, 6) is 0.752. The van der Waals surface area contributed by atoms with E-state index in [1.54, 1.807) is 0 Å². The molecule has 0 radical (unpaired) electrons. The molecule has 19 heavy (non-hydrogen) atoms. The Kier molecular flexibility index (Phi) is 2.71. The van der Waals surface area contributed by atoms with Gasteiger partial charge < -0.3 is 4.98 Å². The maximum atomic E-state index is 4.61. The minimum Gasteiger partial charge on any atom is -0.329 e. The predicted molar refractivity (Wildman–Crippen MR) is 75.4 cm³/mol. The molecular weight excluding hydrogens is 236 g/mol. The number of imidazole rings is 1. The third-order valence-corrected chi connectivity index (χ3v) is 3.09. The van der Waals surface area contributed by atoms with Crippen molar-refractivity contribution in [2.45, 2.75) is 20.8 Å². The lowest BCUT2D eigenvalue weighted by Crippen LogP contribution is -2.01. The molecule has 0 saturated carbocycles. The van der Waals surface area contributed by atoms with E-state index in [0.29, 0.717) is 0 Å². The highest BCUT2D eigenvalue weighted by molar-refractivity contribution is 5.60. The minimum atomic E-state index is 0.752. The molecular formula is C15H16N4. The monoisotopic (exact) mass is 252 g/mol. The summed E-state index contributed by atoms with van der Waals surface area (Å²) >= 11 is 0. The van der Waals surface area contributed by atoms with Crippen molar-refractivity contribution >= 4 is 0 Å². The highest BCUT2D eigenvalue weighted by Crippen LogP contribution is 2.19. The van der Waals surface area contributed by atoms with E-state index in [-0.39, 0.29) is 0 Å². The lowest BCUT2D eigenvalue weighted by atomic mass is 10.1. The van der Waals surface area contributed by atoms with Crippen LogP contribution in [0, 0.1) is 20.8 Å². The summed E-state index contributed by atoms with van der Waals surface area (Å²) in [6.07, 6.45) is 1.92. The second-order valence-corrected chi connectivity index (χ2v) is 4.82. The first-order chi connectivity index (χ1) is 9.13. The maximum Gasteiger partial charge on any atom is 0.228 e. The van der Waals surface area contributed by atoms with E-state index >= 15 is 0 Å². The molecule has 0 fully saturated rings. The summed E-state index contributed by atoms with van der Waals surface area (Å²) in [5, 5.41) is 4.43. The summed E-state index contributed by atoms with van der Waals surface area (Å²) in [6.45, 7) is 6.08. The predicted octanol–water partition coefficient (Wildman–Crippen LogP) is 3.19. The maximum absolute atomic E-state index is 4.61. The second kappa shape index (κ2) is 4.39. The Morgan fingerprint density at radius 3 is 2.63 bits per heavy atom. The van der Waals surface area contributed by atoms with Gasteiger partial charge in [-0.2, -0.15) is 5.10 Å². The molecule has 4 nitrogen and oxygen atoms in total. The van der Waals surface area contributed by atoms with Gasteiger partial charge in [-0.15, -0.1) is 0 Å². The van der Waals surface area contributed by atoms with Crippen LogP contribution in [0.4, 0.5) is 0 Å². The van der Waals surface area contributed by atoms with Gasteiger partial charge in [-0.3, -0.25) is 0 Å². The molecule has 96 valence electrons. The summed E-state index contributed by atoms with van der Waals surface area (Å²) in [4.78, 5) is 7.79. The third kappa shape index (κ3) is 2.17. The summed E-state index contributed by atoms with van der Waals surface area (Å²) in [7, 11) is 0. The molecule has 0 aliphatic carbocycles. The molecule has 1 aromatic carbocycles. The van der Waals surface area contributed by atoms with Crippen LogP contribution in [0.3, 0.4) is 0 Å². The molecule has 2 aromatic heterocycles. The zero-order valence-electron chi connectivity index (χ0n) is 11.3. The van der Waals surface area contributed by atoms with Gasteiger partial charge in [0.05, 0.1) is 11.4 Å². The highest BCUT2D eigenvalue weighted by Gasteiger charge is 2.09. The number of hydrogen-bond acceptors (Lipinski definition) is 2. The van der Waals surface area contributed by atoms with Crippen LogP contribution in [0.25, 0.3) is 17.2 Å². The molecule has 0 atom stereocenters. The second-order valence-electron chi connectivity index (χ2n) is 4.82. The quantitative estimate of drug-likeness (QED) is 0.761. The molecule has 0 spiro atoms. The van der Waals surface area contributed by atoms with Crippen LogP contribution in [0.15, 0.2) is 36.5 Å². The number of hydrogen-bond donors (Lipinski definition) is 1. The van der Waals surface area contributed by atoms with Crippen molar-refractivity contribution in [1.29, 1.82) is 0 Å². The molecule has 0 aliphatic heterocycles. The van der Waals surface area contributed by atoms with Crippen LogP contribution in [0.2, 0.25) is 0 Å². The number of benzene rings is 1. The minimum absolute atomic E-state index is 0.752. The van der Waals surface area contributed by atoms with Crippen LogP contribution >= 0.6 is 0 Å². The standard InChI is InChI=1S/C15H16N4/c1-10-5-4-6-13(7-10)14-9-16-15(17-14)19-12(3)8-11(2)18-19/h4-9H,1-3H3,(H,16,17). The zero-order valence-corrected chi connectivity index (χ0v) is 11.3. The lowest BCUT2D eigenvalue weighted by molar-refractivity contribution is 0.788. The van der Waals surface area contributed by atoms with Gasteiger partial charge in [0.15, 0.2) is 0 Å². The van der Waals surface area contributed by atoms with Crippen molar-refractivity contribution in [1.82, 2.24) is 19.7 Å². The first-order valence-corrected chi connectivity index (χ1v) is 6.29. The molecule has 0 aliphatic rings. The SMILES string of the molecule is Cc1cccc(-c2c[nH]c(-n3nc(C)cc3C)n2)c1. The summed E-state index contributed by atoms with van der Waals surface area (Å²) in [6, 6.07) is 10.4. The topological polar surface area (TPSA) is 46.5 Å². The number of aryl methyl sites for hydroxylation is 3. The van der Waals surface area contributed by atoms with Crippen molar-refractivity contribution in [2.75, 3.05) is 0 Å². The normalized spacial score (nSPS) is 10.9. The van der Waals surface area contributed by atoms with Gasteiger partial charge in [-0.25, -0.2) is 9.67 Å². The average molecular weight is 252 g/mol.